The number of nitrogens with one attached hydrogen (secondary N) is 2. The van der Waals surface area contributed by atoms with Gasteiger partial charge in [0.25, 0.3) is 0 Å². The summed E-state index contributed by atoms with van der Waals surface area (Å²) in [6.45, 7) is 1.53. The second kappa shape index (κ2) is 5.88. The molecule has 2 rings (SSSR count). The number of aryl methyl sites for hydroxylation is 1. The quantitative estimate of drug-likeness (QED) is 0.764. The molecule has 0 aliphatic heterocycles. The lowest BCUT2D eigenvalue weighted by atomic mass is 10.2. The average Bonchev–Trinajstić information content (AvgIpc) is 2.84. The molecule has 0 saturated heterocycles. The summed E-state index contributed by atoms with van der Waals surface area (Å²) in [5.41, 5.74) is 6.81. The summed E-state index contributed by atoms with van der Waals surface area (Å²) in [4.78, 5) is -0.760. The molecule has 0 amide bonds. The van der Waals surface area contributed by atoms with Crippen LogP contribution in [-0.2, 0) is 23.1 Å². The van der Waals surface area contributed by atoms with Gasteiger partial charge in [-0.1, -0.05) is 0 Å². The van der Waals surface area contributed by atoms with E-state index >= 15 is 0 Å². The number of nitrogens with two attached hydrogens (primary N) is 1. The van der Waals surface area contributed by atoms with Crippen molar-refractivity contribution in [1.29, 1.82) is 0 Å². The number of benzene rings is 1. The van der Waals surface area contributed by atoms with Crippen LogP contribution in [0.4, 0.5) is 8.78 Å². The molecule has 0 fully saturated rings. The molecule has 114 valence electrons. The molecule has 0 aliphatic rings. The van der Waals surface area contributed by atoms with Gasteiger partial charge in [-0.2, -0.15) is 5.10 Å². The Labute approximate surface area is 120 Å². The van der Waals surface area contributed by atoms with Crippen molar-refractivity contribution < 1.29 is 17.2 Å². The van der Waals surface area contributed by atoms with Crippen molar-refractivity contribution in [3.63, 3.8) is 0 Å². The predicted molar refractivity (Wildman–Crippen MR) is 71.6 cm³/mol. The zero-order valence-corrected chi connectivity index (χ0v) is 12.0. The van der Waals surface area contributed by atoms with Crippen LogP contribution in [-0.4, -0.2) is 18.6 Å². The molecule has 0 bridgehead atoms. The fourth-order valence-corrected chi connectivity index (χ4v) is 2.88. The molecule has 6 nitrogen and oxygen atoms in total. The first kappa shape index (κ1) is 15.5. The van der Waals surface area contributed by atoms with Crippen LogP contribution in [0.15, 0.2) is 23.2 Å². The molecule has 9 heteroatoms. The van der Waals surface area contributed by atoms with Gasteiger partial charge in [0, 0.05) is 24.3 Å². The fraction of sp³-hybridized carbons (Fsp3) is 0.250. The van der Waals surface area contributed by atoms with Gasteiger partial charge in [-0.3, -0.25) is 5.10 Å². The Morgan fingerprint density at radius 2 is 2.10 bits per heavy atom. The van der Waals surface area contributed by atoms with Crippen LogP contribution in [0.2, 0.25) is 0 Å². The Hall–Kier alpha value is -1.84. The van der Waals surface area contributed by atoms with E-state index in [9.17, 15) is 17.2 Å². The second-order valence-corrected chi connectivity index (χ2v) is 6.17. The molecule has 0 spiro atoms. The van der Waals surface area contributed by atoms with Crippen molar-refractivity contribution in [3.05, 3.63) is 46.8 Å². The maximum Gasteiger partial charge on any atom is 0.243 e. The lowest BCUT2D eigenvalue weighted by Gasteiger charge is -2.09. The highest BCUT2D eigenvalue weighted by molar-refractivity contribution is 7.89. The van der Waals surface area contributed by atoms with Gasteiger partial charge < -0.3 is 5.73 Å². The summed E-state index contributed by atoms with van der Waals surface area (Å²) in [5, 5.41) is 6.39. The Morgan fingerprint density at radius 3 is 2.67 bits per heavy atom. The molecule has 0 unspecified atom stereocenters. The number of aromatic nitrogens is 2. The zero-order valence-electron chi connectivity index (χ0n) is 11.2. The van der Waals surface area contributed by atoms with Crippen LogP contribution < -0.4 is 10.5 Å². The summed E-state index contributed by atoms with van der Waals surface area (Å²) in [6.07, 6.45) is 1.45. The molecular formula is C12H14F2N4O2S. The van der Waals surface area contributed by atoms with Crippen molar-refractivity contribution >= 4 is 10.0 Å². The molecule has 0 radical (unpaired) electrons. The topological polar surface area (TPSA) is 101 Å². The second-order valence-electron chi connectivity index (χ2n) is 4.44. The van der Waals surface area contributed by atoms with Crippen molar-refractivity contribution in [1.82, 2.24) is 14.9 Å². The summed E-state index contributed by atoms with van der Waals surface area (Å²) in [5.74, 6) is -2.68. The number of halogens is 2. The number of hydrogen-bond donors (Lipinski definition) is 3. The minimum absolute atomic E-state index is 0.0847. The zero-order chi connectivity index (χ0) is 15.6. The van der Waals surface area contributed by atoms with Crippen LogP contribution >= 0.6 is 0 Å². The smallest absolute Gasteiger partial charge is 0.243 e. The Kier molecular flexibility index (Phi) is 4.35. The van der Waals surface area contributed by atoms with E-state index in [-0.39, 0.29) is 18.7 Å². The van der Waals surface area contributed by atoms with E-state index in [0.717, 1.165) is 12.1 Å². The minimum atomic E-state index is -4.20. The predicted octanol–water partition coefficient (Wildman–Crippen LogP) is 0.934. The van der Waals surface area contributed by atoms with Gasteiger partial charge in [-0.05, 0) is 24.6 Å². The molecule has 1 aromatic heterocycles. The van der Waals surface area contributed by atoms with Gasteiger partial charge in [-0.25, -0.2) is 21.9 Å². The summed E-state index contributed by atoms with van der Waals surface area (Å²) in [7, 11) is -4.20. The van der Waals surface area contributed by atoms with Gasteiger partial charge in [0.05, 0.1) is 6.20 Å². The normalized spacial score (nSPS) is 11.8. The third-order valence-corrected chi connectivity index (χ3v) is 4.37. The first-order chi connectivity index (χ1) is 9.85. The van der Waals surface area contributed by atoms with Crippen molar-refractivity contribution in [2.75, 3.05) is 0 Å². The minimum Gasteiger partial charge on any atom is -0.326 e. The molecule has 1 aromatic carbocycles. The van der Waals surface area contributed by atoms with Crippen molar-refractivity contribution in [2.45, 2.75) is 24.9 Å². The first-order valence-electron chi connectivity index (χ1n) is 6.01. The number of hydrogen-bond acceptors (Lipinski definition) is 4. The maximum absolute atomic E-state index is 13.7. The van der Waals surface area contributed by atoms with Crippen LogP contribution in [0.5, 0.6) is 0 Å². The maximum atomic E-state index is 13.7. The summed E-state index contributed by atoms with van der Waals surface area (Å²) >= 11 is 0. The number of rotatable bonds is 5. The van der Waals surface area contributed by atoms with Gasteiger partial charge in [0.2, 0.25) is 10.0 Å². The standard InChI is InChI=1S/C12H14F2N4O2S/c1-7-9(5-16-18-7)6-17-21(19,20)11-3-8(4-15)2-10(13)12(11)14/h2-3,5,17H,4,6,15H2,1H3,(H,16,18). The number of aromatic amines is 1. The monoisotopic (exact) mass is 316 g/mol. The molecule has 0 saturated carbocycles. The van der Waals surface area contributed by atoms with Crippen LogP contribution in [0.1, 0.15) is 16.8 Å². The van der Waals surface area contributed by atoms with E-state index < -0.39 is 26.6 Å². The lowest BCUT2D eigenvalue weighted by Crippen LogP contribution is -2.25. The Morgan fingerprint density at radius 1 is 1.38 bits per heavy atom. The third kappa shape index (κ3) is 3.26. The highest BCUT2D eigenvalue weighted by Crippen LogP contribution is 2.20. The molecule has 0 aliphatic carbocycles. The number of H-pyrrole nitrogens is 1. The highest BCUT2D eigenvalue weighted by Gasteiger charge is 2.23. The van der Waals surface area contributed by atoms with Gasteiger partial charge in [0.1, 0.15) is 4.90 Å². The summed E-state index contributed by atoms with van der Waals surface area (Å²) in [6, 6.07) is 1.89. The highest BCUT2D eigenvalue weighted by atomic mass is 32.2. The van der Waals surface area contributed by atoms with E-state index in [4.69, 9.17) is 5.73 Å². The molecule has 0 atom stereocenters. The van der Waals surface area contributed by atoms with E-state index in [1.807, 2.05) is 0 Å². The first-order valence-corrected chi connectivity index (χ1v) is 7.50. The van der Waals surface area contributed by atoms with Gasteiger partial charge >= 0.3 is 0 Å². The van der Waals surface area contributed by atoms with Crippen molar-refractivity contribution in [3.8, 4) is 0 Å². The van der Waals surface area contributed by atoms with E-state index in [2.05, 4.69) is 14.9 Å². The fourth-order valence-electron chi connectivity index (χ4n) is 1.74. The van der Waals surface area contributed by atoms with Crippen LogP contribution in [0, 0.1) is 18.6 Å². The van der Waals surface area contributed by atoms with E-state index in [1.165, 1.54) is 6.20 Å². The molecular weight excluding hydrogens is 302 g/mol. The van der Waals surface area contributed by atoms with Crippen LogP contribution in [0.3, 0.4) is 0 Å². The number of sulfonamides is 1. The third-order valence-electron chi connectivity index (χ3n) is 2.97. The van der Waals surface area contributed by atoms with Gasteiger partial charge in [-0.15, -0.1) is 0 Å². The SMILES string of the molecule is Cc1[nH]ncc1CNS(=O)(=O)c1cc(CN)cc(F)c1F. The average molecular weight is 316 g/mol. The van der Waals surface area contributed by atoms with E-state index in [1.54, 1.807) is 6.92 Å². The van der Waals surface area contributed by atoms with Crippen LogP contribution in [0.25, 0.3) is 0 Å². The molecule has 21 heavy (non-hydrogen) atoms. The molecule has 1 heterocycles. The van der Waals surface area contributed by atoms with Gasteiger partial charge in [0.15, 0.2) is 11.6 Å². The summed E-state index contributed by atoms with van der Waals surface area (Å²) < 4.78 is 53.5. The Balaban J connectivity index is 2.31. The lowest BCUT2D eigenvalue weighted by molar-refractivity contribution is 0.481. The molecule has 4 N–H and O–H groups in total. The van der Waals surface area contributed by atoms with E-state index in [0.29, 0.717) is 11.3 Å². The Bertz CT molecular complexity index is 759. The molecule has 2 aromatic rings. The largest absolute Gasteiger partial charge is 0.326 e. The number of nitrogens with zero attached hydrogens (tertiary/aromatic N) is 1. The van der Waals surface area contributed by atoms with Crippen molar-refractivity contribution in [2.24, 2.45) is 5.73 Å².